The summed E-state index contributed by atoms with van der Waals surface area (Å²) in [6, 6.07) is 0. The molecule has 0 spiro atoms. The topological polar surface area (TPSA) is 236 Å². The van der Waals surface area contributed by atoms with Crippen LogP contribution in [0, 0.1) is 50.2 Å². The lowest BCUT2D eigenvalue weighted by molar-refractivity contribution is -0.375. The predicted octanol–water partition coefficient (Wildman–Crippen LogP) is 1.85. The molecule has 2 heterocycles. The van der Waals surface area contributed by atoms with Crippen LogP contribution in [0.4, 0.5) is 0 Å². The Labute approximate surface area is 330 Å². The average molecular weight is 797 g/mol. The van der Waals surface area contributed by atoms with Crippen molar-refractivity contribution in [1.29, 1.82) is 0 Å². The Kier molecular flexibility index (Phi) is 11.0. The van der Waals surface area contributed by atoms with Crippen molar-refractivity contribution in [2.75, 3.05) is 13.2 Å². The Hall–Kier alpha value is -1.27. The van der Waals surface area contributed by atoms with Gasteiger partial charge in [0.1, 0.15) is 42.7 Å². The van der Waals surface area contributed by atoms with Gasteiger partial charge in [-0.25, -0.2) is 4.79 Å². The van der Waals surface area contributed by atoms with E-state index >= 15 is 0 Å². The van der Waals surface area contributed by atoms with Crippen molar-refractivity contribution in [1.82, 2.24) is 0 Å². The predicted molar refractivity (Wildman–Crippen MR) is 199 cm³/mol. The molecule has 56 heavy (non-hydrogen) atoms. The standard InChI is InChI=1S/C42H68O14/c1-37(2)16-21-20-8-9-24-39(4)12-11-26(40(5,19-44)23(39)10-13-42(24,7)41(20,6)15-14-38(21,3)25(45)17-37)54-36-33(30(49)29(48)32(55-36)34(51)52)56-35-31(50)28(47)27(46)22(18-43)53-35/h8,21-33,35-36,43-50H,9-19H2,1-7H3,(H,51,52)/t21-,22+,23+,24+,25-,26+,27-,28-,29-,30-,31+,32-,33+,35-,36+,38+,39-,40-,41+,42+/m0/s1. The van der Waals surface area contributed by atoms with Gasteiger partial charge in [0.05, 0.1) is 25.4 Å². The third-order valence-corrected chi connectivity index (χ3v) is 17.4. The quantitative estimate of drug-likeness (QED) is 0.132. The van der Waals surface area contributed by atoms with Gasteiger partial charge in [-0.3, -0.25) is 0 Å². The fourth-order valence-electron chi connectivity index (χ4n) is 13.7. The molecule has 2 aliphatic heterocycles. The van der Waals surface area contributed by atoms with Crippen molar-refractivity contribution in [3.8, 4) is 0 Å². The van der Waals surface area contributed by atoms with Gasteiger partial charge in [0.2, 0.25) is 0 Å². The highest BCUT2D eigenvalue weighted by Crippen LogP contribution is 2.76. The number of ether oxygens (including phenoxy) is 4. The Morgan fingerprint density at radius 1 is 0.750 bits per heavy atom. The van der Waals surface area contributed by atoms with E-state index in [9.17, 15) is 50.8 Å². The minimum absolute atomic E-state index is 0.0149. The van der Waals surface area contributed by atoms with Gasteiger partial charge in [-0.1, -0.05) is 60.1 Å². The van der Waals surface area contributed by atoms with Crippen molar-refractivity contribution < 1.29 is 69.7 Å². The normalized spacial score (nSPS) is 55.5. The maximum Gasteiger partial charge on any atom is 0.335 e. The number of aliphatic carboxylic acids is 1. The molecule has 0 aromatic heterocycles. The van der Waals surface area contributed by atoms with E-state index in [1.807, 2.05) is 6.92 Å². The highest BCUT2D eigenvalue weighted by Gasteiger charge is 2.69. The van der Waals surface area contributed by atoms with Crippen molar-refractivity contribution in [3.05, 3.63) is 11.6 Å². The largest absolute Gasteiger partial charge is 0.479 e. The smallest absolute Gasteiger partial charge is 0.335 e. The Morgan fingerprint density at radius 2 is 1.45 bits per heavy atom. The molecular weight excluding hydrogens is 728 g/mol. The lowest BCUT2D eigenvalue weighted by Gasteiger charge is -2.72. The van der Waals surface area contributed by atoms with E-state index in [0.29, 0.717) is 18.3 Å². The molecule has 0 unspecified atom stereocenters. The Bertz CT molecular complexity index is 1520. The summed E-state index contributed by atoms with van der Waals surface area (Å²) in [5, 5.41) is 96.0. The van der Waals surface area contributed by atoms with Crippen LogP contribution in [-0.4, -0.2) is 139 Å². The number of aliphatic hydroxyl groups is 8. The molecule has 14 nitrogen and oxygen atoms in total. The molecule has 14 heteroatoms. The van der Waals surface area contributed by atoms with Crippen LogP contribution in [0.3, 0.4) is 0 Å². The highest BCUT2D eigenvalue weighted by atomic mass is 16.8. The molecule has 4 saturated carbocycles. The van der Waals surface area contributed by atoms with Crippen LogP contribution < -0.4 is 0 Å². The first-order chi connectivity index (χ1) is 26.0. The van der Waals surface area contributed by atoms with Crippen molar-refractivity contribution >= 4 is 5.97 Å². The second-order valence-electron chi connectivity index (χ2n) is 20.8. The maximum absolute atomic E-state index is 12.2. The summed E-state index contributed by atoms with van der Waals surface area (Å²) in [6.07, 6.45) is -8.23. The van der Waals surface area contributed by atoms with Gasteiger partial charge in [0.25, 0.3) is 0 Å². The van der Waals surface area contributed by atoms with Crippen LogP contribution in [0.25, 0.3) is 0 Å². The molecule has 2 saturated heterocycles. The molecule has 7 rings (SSSR count). The van der Waals surface area contributed by atoms with Gasteiger partial charge < -0.3 is 64.9 Å². The molecule has 9 N–H and O–H groups in total. The number of aliphatic hydroxyl groups excluding tert-OH is 8. The molecule has 0 aromatic carbocycles. The van der Waals surface area contributed by atoms with E-state index in [4.69, 9.17) is 18.9 Å². The van der Waals surface area contributed by atoms with Gasteiger partial charge in [-0.15, -0.1) is 0 Å². The number of carboxylic acid groups (broad SMARTS) is 1. The lowest BCUT2D eigenvalue weighted by atomic mass is 9.33. The minimum atomic E-state index is -1.97. The molecule has 6 fully saturated rings. The van der Waals surface area contributed by atoms with Crippen LogP contribution >= 0.6 is 0 Å². The van der Waals surface area contributed by atoms with Crippen molar-refractivity contribution in [2.24, 2.45) is 50.2 Å². The molecule has 7 aliphatic rings. The number of fused-ring (bicyclic) bond motifs is 7. The zero-order valence-electron chi connectivity index (χ0n) is 34.1. The van der Waals surface area contributed by atoms with Crippen LogP contribution in [-0.2, 0) is 23.7 Å². The van der Waals surface area contributed by atoms with Gasteiger partial charge >= 0.3 is 5.97 Å². The SMILES string of the molecule is CC1(C)C[C@H](O)[C@]2(C)CC[C@]3(C)C(=CC[C@@H]4[C@@]5(C)CC[C@@H](O[C@@H]6O[C@H](C(=O)O)[C@@H](O)[C@H](O)[C@H]6O[C@@H]6O[C@H](CO)[C@H](O)[C@H](O)[C@H]6O)[C@@](C)(CO)[C@@H]5CC[C@]43C)[C@@H]2C1. The van der Waals surface area contributed by atoms with Gasteiger partial charge in [-0.2, -0.15) is 0 Å². The molecule has 0 aromatic rings. The summed E-state index contributed by atoms with van der Waals surface area (Å²) < 4.78 is 23.8. The van der Waals surface area contributed by atoms with E-state index in [2.05, 4.69) is 47.6 Å². The van der Waals surface area contributed by atoms with Crippen molar-refractivity contribution in [2.45, 2.75) is 180 Å². The van der Waals surface area contributed by atoms with E-state index in [0.717, 1.165) is 51.4 Å². The number of carboxylic acids is 1. The van der Waals surface area contributed by atoms with E-state index in [-0.39, 0.29) is 45.7 Å². The second-order valence-corrected chi connectivity index (χ2v) is 20.8. The third-order valence-electron chi connectivity index (χ3n) is 17.4. The number of rotatable bonds is 7. The summed E-state index contributed by atoms with van der Waals surface area (Å²) >= 11 is 0. The summed E-state index contributed by atoms with van der Waals surface area (Å²) in [5.74, 6) is -0.954. The van der Waals surface area contributed by atoms with Gasteiger partial charge in [0, 0.05) is 10.8 Å². The summed E-state index contributed by atoms with van der Waals surface area (Å²) in [7, 11) is 0. The van der Waals surface area contributed by atoms with Gasteiger partial charge in [0.15, 0.2) is 18.7 Å². The fraction of sp³-hybridized carbons (Fsp3) is 0.929. The van der Waals surface area contributed by atoms with Crippen LogP contribution in [0.5, 0.6) is 0 Å². The zero-order chi connectivity index (χ0) is 41.1. The van der Waals surface area contributed by atoms with Crippen LogP contribution in [0.15, 0.2) is 11.6 Å². The minimum Gasteiger partial charge on any atom is -0.479 e. The summed E-state index contributed by atoms with van der Waals surface area (Å²) in [6.45, 7) is 15.2. The molecule has 0 bridgehead atoms. The fourth-order valence-corrected chi connectivity index (χ4v) is 13.7. The molecule has 20 atom stereocenters. The second kappa shape index (κ2) is 14.4. The highest BCUT2D eigenvalue weighted by molar-refractivity contribution is 5.73. The first-order valence-electron chi connectivity index (χ1n) is 20.9. The summed E-state index contributed by atoms with van der Waals surface area (Å²) in [4.78, 5) is 12.2. The lowest BCUT2D eigenvalue weighted by Crippen LogP contribution is -2.68. The number of hydrogen-bond donors (Lipinski definition) is 9. The first-order valence-corrected chi connectivity index (χ1v) is 20.9. The summed E-state index contributed by atoms with van der Waals surface area (Å²) in [5.41, 5.74) is 0.271. The van der Waals surface area contributed by atoms with Crippen LogP contribution in [0.2, 0.25) is 0 Å². The number of carbonyl (C=O) groups is 1. The zero-order valence-corrected chi connectivity index (χ0v) is 34.1. The molecular formula is C42H68O14. The molecule has 0 radical (unpaired) electrons. The van der Waals surface area contributed by atoms with Gasteiger partial charge in [-0.05, 0) is 97.2 Å². The first kappa shape index (κ1) is 42.8. The number of hydrogen-bond acceptors (Lipinski definition) is 13. The molecule has 5 aliphatic carbocycles. The molecule has 320 valence electrons. The molecule has 0 amide bonds. The Balaban J connectivity index is 1.17. The number of allylic oxidation sites excluding steroid dienone is 2. The maximum atomic E-state index is 12.2. The Morgan fingerprint density at radius 3 is 2.09 bits per heavy atom. The van der Waals surface area contributed by atoms with Crippen LogP contribution in [0.1, 0.15) is 106 Å². The average Bonchev–Trinajstić information content (AvgIpc) is 3.13. The van der Waals surface area contributed by atoms with Crippen molar-refractivity contribution in [3.63, 3.8) is 0 Å². The monoisotopic (exact) mass is 796 g/mol. The van der Waals surface area contributed by atoms with E-state index in [1.165, 1.54) is 5.57 Å². The van der Waals surface area contributed by atoms with E-state index < -0.39 is 85.5 Å². The third kappa shape index (κ3) is 6.21. The van der Waals surface area contributed by atoms with E-state index in [1.54, 1.807) is 0 Å².